The highest BCUT2D eigenvalue weighted by atomic mass is 16.5. The van der Waals surface area contributed by atoms with E-state index >= 15 is 0 Å². The standard InChI is InChI=1S/C15H18N4O2/c1-10-18-13(19-21-10)6-9-17-14(20)15(7-8-15)11-2-4-12(16)5-3-11/h2-5H,6-9,16H2,1H3,(H,17,20). The van der Waals surface area contributed by atoms with Crippen LogP contribution in [0.5, 0.6) is 0 Å². The molecule has 110 valence electrons. The van der Waals surface area contributed by atoms with Crippen LogP contribution >= 0.6 is 0 Å². The third kappa shape index (κ3) is 2.74. The van der Waals surface area contributed by atoms with E-state index in [0.717, 1.165) is 18.4 Å². The predicted octanol–water partition coefficient (Wildman–Crippen LogP) is 1.35. The lowest BCUT2D eigenvalue weighted by Gasteiger charge is -2.15. The second-order valence-corrected chi connectivity index (χ2v) is 5.44. The average molecular weight is 286 g/mol. The Morgan fingerprint density at radius 1 is 1.38 bits per heavy atom. The second kappa shape index (κ2) is 5.20. The van der Waals surface area contributed by atoms with Crippen molar-refractivity contribution >= 4 is 11.6 Å². The molecule has 0 saturated heterocycles. The fourth-order valence-electron chi connectivity index (χ4n) is 2.47. The molecule has 6 heteroatoms. The Balaban J connectivity index is 1.59. The number of aromatic nitrogens is 2. The minimum atomic E-state index is -0.374. The van der Waals surface area contributed by atoms with Crippen LogP contribution < -0.4 is 11.1 Å². The maximum Gasteiger partial charge on any atom is 0.230 e. The van der Waals surface area contributed by atoms with Gasteiger partial charge in [0.15, 0.2) is 5.82 Å². The second-order valence-electron chi connectivity index (χ2n) is 5.44. The molecule has 3 rings (SSSR count). The van der Waals surface area contributed by atoms with Gasteiger partial charge in [-0.1, -0.05) is 17.3 Å². The molecule has 0 radical (unpaired) electrons. The molecule has 1 amide bonds. The lowest BCUT2D eigenvalue weighted by Crippen LogP contribution is -2.36. The number of aryl methyl sites for hydroxylation is 1. The number of carbonyl (C=O) groups is 1. The molecule has 1 saturated carbocycles. The van der Waals surface area contributed by atoms with E-state index in [-0.39, 0.29) is 11.3 Å². The van der Waals surface area contributed by atoms with Gasteiger partial charge in [-0.25, -0.2) is 0 Å². The lowest BCUT2D eigenvalue weighted by atomic mass is 9.95. The van der Waals surface area contributed by atoms with Crippen molar-refractivity contribution in [1.29, 1.82) is 0 Å². The number of benzene rings is 1. The summed E-state index contributed by atoms with van der Waals surface area (Å²) in [6.07, 6.45) is 2.33. The van der Waals surface area contributed by atoms with Crippen molar-refractivity contribution in [3.8, 4) is 0 Å². The van der Waals surface area contributed by atoms with Crippen molar-refractivity contribution in [2.45, 2.75) is 31.6 Å². The largest absolute Gasteiger partial charge is 0.399 e. The van der Waals surface area contributed by atoms with Crippen molar-refractivity contribution < 1.29 is 9.32 Å². The highest BCUT2D eigenvalue weighted by Gasteiger charge is 2.50. The maximum absolute atomic E-state index is 12.4. The zero-order chi connectivity index (χ0) is 14.9. The molecule has 2 aromatic rings. The highest BCUT2D eigenvalue weighted by Crippen LogP contribution is 2.48. The first kappa shape index (κ1) is 13.6. The number of nitrogen functional groups attached to an aromatic ring is 1. The number of hydrogen-bond acceptors (Lipinski definition) is 5. The van der Waals surface area contributed by atoms with Crippen LogP contribution in [-0.2, 0) is 16.6 Å². The van der Waals surface area contributed by atoms with Gasteiger partial charge in [0.05, 0.1) is 5.41 Å². The van der Waals surface area contributed by atoms with Gasteiger partial charge in [-0.2, -0.15) is 4.98 Å². The van der Waals surface area contributed by atoms with Crippen LogP contribution in [0.2, 0.25) is 0 Å². The Bertz CT molecular complexity index is 644. The summed E-state index contributed by atoms with van der Waals surface area (Å²) in [5, 5.41) is 6.77. The minimum Gasteiger partial charge on any atom is -0.399 e. The maximum atomic E-state index is 12.4. The van der Waals surface area contributed by atoms with Gasteiger partial charge in [0.25, 0.3) is 0 Å². The number of nitrogens with zero attached hydrogens (tertiary/aromatic N) is 2. The van der Waals surface area contributed by atoms with Gasteiger partial charge in [-0.15, -0.1) is 0 Å². The Hall–Kier alpha value is -2.37. The Morgan fingerprint density at radius 3 is 2.67 bits per heavy atom. The number of rotatable bonds is 5. The lowest BCUT2D eigenvalue weighted by molar-refractivity contribution is -0.123. The van der Waals surface area contributed by atoms with Crippen molar-refractivity contribution in [2.24, 2.45) is 0 Å². The van der Waals surface area contributed by atoms with E-state index < -0.39 is 0 Å². The molecule has 1 aromatic heterocycles. The van der Waals surface area contributed by atoms with E-state index in [9.17, 15) is 4.79 Å². The summed E-state index contributed by atoms with van der Waals surface area (Å²) in [5.74, 6) is 1.22. The van der Waals surface area contributed by atoms with E-state index in [1.807, 2.05) is 24.3 Å². The molecule has 0 bridgehead atoms. The summed E-state index contributed by atoms with van der Waals surface area (Å²) in [6, 6.07) is 7.55. The number of nitrogens with one attached hydrogen (secondary N) is 1. The van der Waals surface area contributed by atoms with E-state index in [2.05, 4.69) is 15.5 Å². The van der Waals surface area contributed by atoms with Crippen LogP contribution in [0, 0.1) is 6.92 Å². The van der Waals surface area contributed by atoms with Crippen LogP contribution in [0.3, 0.4) is 0 Å². The van der Waals surface area contributed by atoms with E-state index in [0.29, 0.717) is 30.4 Å². The average Bonchev–Trinajstić information content (AvgIpc) is 3.18. The minimum absolute atomic E-state index is 0.0625. The predicted molar refractivity (Wildman–Crippen MR) is 77.5 cm³/mol. The molecule has 6 nitrogen and oxygen atoms in total. The van der Waals surface area contributed by atoms with Crippen molar-refractivity contribution in [2.75, 3.05) is 12.3 Å². The third-order valence-electron chi connectivity index (χ3n) is 3.85. The van der Waals surface area contributed by atoms with Crippen LogP contribution in [-0.4, -0.2) is 22.6 Å². The number of amides is 1. The fraction of sp³-hybridized carbons (Fsp3) is 0.400. The quantitative estimate of drug-likeness (QED) is 0.809. The number of carbonyl (C=O) groups excluding carboxylic acids is 1. The summed E-state index contributed by atoms with van der Waals surface area (Å²) in [5.41, 5.74) is 7.06. The molecule has 0 spiro atoms. The summed E-state index contributed by atoms with van der Waals surface area (Å²) >= 11 is 0. The molecule has 3 N–H and O–H groups in total. The Kier molecular flexibility index (Phi) is 3.37. The molecule has 0 aliphatic heterocycles. The van der Waals surface area contributed by atoms with Gasteiger partial charge in [0, 0.05) is 25.6 Å². The van der Waals surface area contributed by atoms with Crippen LogP contribution in [0.25, 0.3) is 0 Å². The van der Waals surface area contributed by atoms with Gasteiger partial charge < -0.3 is 15.6 Å². The first-order valence-electron chi connectivity index (χ1n) is 7.04. The molecular weight excluding hydrogens is 268 g/mol. The molecule has 21 heavy (non-hydrogen) atoms. The van der Waals surface area contributed by atoms with E-state index in [1.54, 1.807) is 6.92 Å². The summed E-state index contributed by atoms with van der Waals surface area (Å²) in [4.78, 5) is 16.5. The highest BCUT2D eigenvalue weighted by molar-refractivity contribution is 5.91. The molecule has 1 aliphatic rings. The van der Waals surface area contributed by atoms with Gasteiger partial charge in [-0.05, 0) is 30.5 Å². The van der Waals surface area contributed by atoms with Crippen molar-refractivity contribution in [1.82, 2.24) is 15.5 Å². The summed E-state index contributed by atoms with van der Waals surface area (Å²) < 4.78 is 4.90. The molecule has 1 aliphatic carbocycles. The van der Waals surface area contributed by atoms with Gasteiger partial charge in [0.2, 0.25) is 11.8 Å². The monoisotopic (exact) mass is 286 g/mol. The molecule has 0 atom stereocenters. The van der Waals surface area contributed by atoms with Gasteiger partial charge >= 0.3 is 0 Å². The van der Waals surface area contributed by atoms with Gasteiger partial charge in [-0.3, -0.25) is 4.79 Å². The first-order chi connectivity index (χ1) is 10.1. The molecule has 1 heterocycles. The molecule has 0 unspecified atom stereocenters. The normalized spacial score (nSPS) is 15.7. The SMILES string of the molecule is Cc1nc(CCNC(=O)C2(c3ccc(N)cc3)CC2)no1. The van der Waals surface area contributed by atoms with Crippen molar-refractivity contribution in [3.05, 3.63) is 41.5 Å². The van der Waals surface area contributed by atoms with E-state index in [1.165, 1.54) is 0 Å². The number of anilines is 1. The van der Waals surface area contributed by atoms with Crippen LogP contribution in [0.15, 0.2) is 28.8 Å². The third-order valence-corrected chi connectivity index (χ3v) is 3.85. The number of hydrogen-bond donors (Lipinski definition) is 2. The molecule has 1 aromatic carbocycles. The summed E-state index contributed by atoms with van der Waals surface area (Å²) in [7, 11) is 0. The topological polar surface area (TPSA) is 94.0 Å². The fourth-order valence-corrected chi connectivity index (χ4v) is 2.47. The molecule has 1 fully saturated rings. The smallest absolute Gasteiger partial charge is 0.230 e. The summed E-state index contributed by atoms with van der Waals surface area (Å²) in [6.45, 7) is 2.25. The van der Waals surface area contributed by atoms with Crippen molar-refractivity contribution in [3.63, 3.8) is 0 Å². The zero-order valence-corrected chi connectivity index (χ0v) is 11.9. The zero-order valence-electron chi connectivity index (χ0n) is 11.9. The Labute approximate surface area is 122 Å². The number of nitrogens with two attached hydrogens (primary N) is 1. The molecular formula is C15H18N4O2. The van der Waals surface area contributed by atoms with Crippen LogP contribution in [0.4, 0.5) is 5.69 Å². The first-order valence-corrected chi connectivity index (χ1v) is 7.04. The van der Waals surface area contributed by atoms with Gasteiger partial charge in [0.1, 0.15) is 0 Å². The van der Waals surface area contributed by atoms with E-state index in [4.69, 9.17) is 10.3 Å². The van der Waals surface area contributed by atoms with Crippen LogP contribution in [0.1, 0.15) is 30.1 Å². The Morgan fingerprint density at radius 2 is 2.10 bits per heavy atom.